The molecule has 1 aromatic carbocycles. The van der Waals surface area contributed by atoms with Crippen LogP contribution in [0.2, 0.25) is 0 Å². The number of thiazole rings is 1. The molecule has 2 heterocycles. The number of aryl methyl sites for hydroxylation is 1. The quantitative estimate of drug-likeness (QED) is 0.594. The van der Waals surface area contributed by atoms with Gasteiger partial charge in [-0.15, -0.1) is 0 Å². The van der Waals surface area contributed by atoms with Gasteiger partial charge in [-0.3, -0.25) is 4.79 Å². The SMILES string of the molecule is Cc1cccc(I)c1NC(=O)c1cnc(Nc2ccccn2)s1. The number of hydrogen-bond donors (Lipinski definition) is 2. The number of aromatic nitrogens is 2. The lowest BCUT2D eigenvalue weighted by molar-refractivity contribution is 0.103. The maximum absolute atomic E-state index is 12.4. The third kappa shape index (κ3) is 3.85. The van der Waals surface area contributed by atoms with Gasteiger partial charge in [0.2, 0.25) is 0 Å². The van der Waals surface area contributed by atoms with E-state index in [1.54, 1.807) is 12.4 Å². The van der Waals surface area contributed by atoms with Gasteiger partial charge in [0.15, 0.2) is 5.13 Å². The van der Waals surface area contributed by atoms with Crippen molar-refractivity contribution in [3.63, 3.8) is 0 Å². The number of benzene rings is 1. The maximum atomic E-state index is 12.4. The molecular weight excluding hydrogens is 423 g/mol. The molecule has 5 nitrogen and oxygen atoms in total. The van der Waals surface area contributed by atoms with E-state index in [-0.39, 0.29) is 5.91 Å². The highest BCUT2D eigenvalue weighted by Crippen LogP contribution is 2.25. The Kier molecular flexibility index (Phi) is 4.87. The molecule has 0 fully saturated rings. The van der Waals surface area contributed by atoms with E-state index in [0.29, 0.717) is 15.8 Å². The molecule has 0 saturated carbocycles. The summed E-state index contributed by atoms with van der Waals surface area (Å²) in [6.45, 7) is 1.97. The minimum atomic E-state index is -0.163. The minimum absolute atomic E-state index is 0.163. The number of hydrogen-bond acceptors (Lipinski definition) is 5. The number of para-hydroxylation sites is 1. The number of halogens is 1. The topological polar surface area (TPSA) is 66.9 Å². The molecule has 0 aliphatic rings. The number of nitrogens with zero attached hydrogens (tertiary/aromatic N) is 2. The highest BCUT2D eigenvalue weighted by Gasteiger charge is 2.13. The number of nitrogens with one attached hydrogen (secondary N) is 2. The number of carbonyl (C=O) groups excluding carboxylic acids is 1. The first-order valence-electron chi connectivity index (χ1n) is 6.84. The fourth-order valence-corrected chi connectivity index (χ4v) is 3.43. The number of anilines is 3. The Morgan fingerprint density at radius 2 is 2.04 bits per heavy atom. The van der Waals surface area contributed by atoms with Crippen LogP contribution in [0.25, 0.3) is 0 Å². The van der Waals surface area contributed by atoms with Crippen LogP contribution in [0.4, 0.5) is 16.6 Å². The second kappa shape index (κ2) is 7.05. The van der Waals surface area contributed by atoms with Crippen molar-refractivity contribution in [2.75, 3.05) is 10.6 Å². The lowest BCUT2D eigenvalue weighted by Gasteiger charge is -2.09. The van der Waals surface area contributed by atoms with Crippen LogP contribution in [-0.4, -0.2) is 15.9 Å². The molecular formula is C16H13IN4OS. The van der Waals surface area contributed by atoms with Gasteiger partial charge in [0, 0.05) is 9.77 Å². The second-order valence-corrected chi connectivity index (χ2v) is 6.95. The van der Waals surface area contributed by atoms with E-state index < -0.39 is 0 Å². The van der Waals surface area contributed by atoms with Crippen molar-refractivity contribution < 1.29 is 4.79 Å². The summed E-state index contributed by atoms with van der Waals surface area (Å²) in [4.78, 5) is 21.3. The van der Waals surface area contributed by atoms with Gasteiger partial charge < -0.3 is 10.6 Å². The Bertz CT molecular complexity index is 815. The van der Waals surface area contributed by atoms with Gasteiger partial charge in [0.05, 0.1) is 11.9 Å². The highest BCUT2D eigenvalue weighted by molar-refractivity contribution is 14.1. The Morgan fingerprint density at radius 1 is 1.17 bits per heavy atom. The molecule has 0 aliphatic carbocycles. The van der Waals surface area contributed by atoms with Gasteiger partial charge in [-0.05, 0) is 53.3 Å². The Balaban J connectivity index is 1.74. The fraction of sp³-hybridized carbons (Fsp3) is 0.0625. The van der Waals surface area contributed by atoms with Crippen molar-refractivity contribution in [3.8, 4) is 0 Å². The Hall–Kier alpha value is -2.00. The number of rotatable bonds is 4. The van der Waals surface area contributed by atoms with Gasteiger partial charge in [0.25, 0.3) is 5.91 Å². The zero-order chi connectivity index (χ0) is 16.2. The van der Waals surface area contributed by atoms with Gasteiger partial charge in [0.1, 0.15) is 10.7 Å². The van der Waals surface area contributed by atoms with Gasteiger partial charge in [-0.25, -0.2) is 9.97 Å². The Morgan fingerprint density at radius 3 is 2.78 bits per heavy atom. The van der Waals surface area contributed by atoms with Crippen LogP contribution in [0.15, 0.2) is 48.8 Å². The molecule has 3 rings (SSSR count). The third-order valence-electron chi connectivity index (χ3n) is 3.09. The molecule has 1 amide bonds. The van der Waals surface area contributed by atoms with Crippen LogP contribution in [0.3, 0.4) is 0 Å². The van der Waals surface area contributed by atoms with Crippen molar-refractivity contribution in [1.82, 2.24) is 9.97 Å². The summed E-state index contributed by atoms with van der Waals surface area (Å²) < 4.78 is 1.01. The largest absolute Gasteiger partial charge is 0.320 e. The van der Waals surface area contributed by atoms with E-state index in [9.17, 15) is 4.79 Å². The Labute approximate surface area is 151 Å². The van der Waals surface area contributed by atoms with Gasteiger partial charge in [-0.2, -0.15) is 0 Å². The molecule has 0 saturated heterocycles. The van der Waals surface area contributed by atoms with E-state index in [4.69, 9.17) is 0 Å². The zero-order valence-electron chi connectivity index (χ0n) is 12.2. The van der Waals surface area contributed by atoms with E-state index in [1.165, 1.54) is 11.3 Å². The maximum Gasteiger partial charge on any atom is 0.267 e. The third-order valence-corrected chi connectivity index (χ3v) is 4.90. The van der Waals surface area contributed by atoms with Gasteiger partial charge in [-0.1, -0.05) is 29.5 Å². The number of pyridine rings is 1. The van der Waals surface area contributed by atoms with Crippen LogP contribution in [0, 0.1) is 10.5 Å². The number of amides is 1. The molecule has 3 aromatic rings. The average Bonchev–Trinajstić information content (AvgIpc) is 3.00. The van der Waals surface area contributed by atoms with Crippen LogP contribution >= 0.6 is 33.9 Å². The first-order chi connectivity index (χ1) is 11.1. The zero-order valence-corrected chi connectivity index (χ0v) is 15.2. The lowest BCUT2D eigenvalue weighted by Crippen LogP contribution is -2.12. The molecule has 0 atom stereocenters. The summed E-state index contributed by atoms with van der Waals surface area (Å²) in [5.74, 6) is 0.533. The van der Waals surface area contributed by atoms with Crippen molar-refractivity contribution >= 4 is 56.5 Å². The monoisotopic (exact) mass is 436 g/mol. The van der Waals surface area contributed by atoms with E-state index >= 15 is 0 Å². The van der Waals surface area contributed by atoms with E-state index in [0.717, 1.165) is 14.8 Å². The summed E-state index contributed by atoms with van der Waals surface area (Å²) in [7, 11) is 0. The molecule has 23 heavy (non-hydrogen) atoms. The molecule has 0 bridgehead atoms. The van der Waals surface area contributed by atoms with Crippen molar-refractivity contribution in [1.29, 1.82) is 0 Å². The van der Waals surface area contributed by atoms with E-state index in [1.807, 2.05) is 43.3 Å². The molecule has 0 aliphatic heterocycles. The molecule has 7 heteroatoms. The summed E-state index contributed by atoms with van der Waals surface area (Å²) in [6.07, 6.45) is 3.26. The molecule has 2 N–H and O–H groups in total. The van der Waals surface area contributed by atoms with Crippen LogP contribution in [0.1, 0.15) is 15.2 Å². The highest BCUT2D eigenvalue weighted by atomic mass is 127. The molecule has 116 valence electrons. The molecule has 0 radical (unpaired) electrons. The predicted octanol–water partition coefficient (Wildman–Crippen LogP) is 4.45. The van der Waals surface area contributed by atoms with E-state index in [2.05, 4.69) is 43.2 Å². The fourth-order valence-electron chi connectivity index (χ4n) is 1.95. The normalized spacial score (nSPS) is 10.3. The van der Waals surface area contributed by atoms with Crippen LogP contribution in [0.5, 0.6) is 0 Å². The van der Waals surface area contributed by atoms with Crippen molar-refractivity contribution in [2.45, 2.75) is 6.92 Å². The lowest BCUT2D eigenvalue weighted by atomic mass is 10.2. The van der Waals surface area contributed by atoms with Crippen LogP contribution < -0.4 is 10.6 Å². The van der Waals surface area contributed by atoms with Crippen molar-refractivity contribution in [2.24, 2.45) is 0 Å². The average molecular weight is 436 g/mol. The molecule has 0 unspecified atom stereocenters. The van der Waals surface area contributed by atoms with Gasteiger partial charge >= 0.3 is 0 Å². The summed E-state index contributed by atoms with van der Waals surface area (Å²) in [5.41, 5.74) is 1.87. The standard InChI is InChI=1S/C16H13IN4OS/c1-10-5-4-6-11(17)14(10)21-15(22)12-9-19-16(23-12)20-13-7-2-3-8-18-13/h2-9H,1H3,(H,21,22)(H,18,19,20). The first kappa shape index (κ1) is 15.9. The minimum Gasteiger partial charge on any atom is -0.320 e. The second-order valence-electron chi connectivity index (χ2n) is 4.76. The molecule has 2 aromatic heterocycles. The number of carbonyl (C=O) groups is 1. The summed E-state index contributed by atoms with van der Waals surface area (Å²) >= 11 is 3.50. The predicted molar refractivity (Wildman–Crippen MR) is 101 cm³/mol. The smallest absolute Gasteiger partial charge is 0.267 e. The summed E-state index contributed by atoms with van der Waals surface area (Å²) in [5, 5.41) is 6.67. The summed E-state index contributed by atoms with van der Waals surface area (Å²) in [6, 6.07) is 11.5. The molecule has 0 spiro atoms. The van der Waals surface area contributed by atoms with Crippen molar-refractivity contribution in [3.05, 3.63) is 62.8 Å². The van der Waals surface area contributed by atoms with Crippen LogP contribution in [-0.2, 0) is 0 Å². The first-order valence-corrected chi connectivity index (χ1v) is 8.73.